The number of carbonyl (C=O) groups is 6. The van der Waals surface area contributed by atoms with Gasteiger partial charge in [-0.1, -0.05) is 57.7 Å². The molecule has 0 aromatic heterocycles. The van der Waals surface area contributed by atoms with Crippen LogP contribution in [0.5, 0.6) is 11.5 Å². The summed E-state index contributed by atoms with van der Waals surface area (Å²) in [6.45, 7) is 25.1. The standard InChI is InChI=1S/C22H31BN4O4.C18H25N3O6.C11H22N2O2.C7H4ClNO4.CH4/c1-16(2)13-19(24-3)21(28)27-12-8-7-11-18(27)15-25-22(29)26-20(23(30)31)14-17-9-5-4-6-10-17;1-18(2,3)27-17(23)20-11-5-4-6-14(20)12-19-16(22)26-15-9-7-13(8-10-15)21(24)25;1-11(2,3)15-10(14)13-7-5-4-6-9(13)8-12;8-7(10)13-6-3-1-5(2-4-6)9(11)12;/h4-6,9-10,13,16,18,20,30-31H,7-8,11-12,14-15H2,1-2H3,(H2,25,26,29);7-10,14H,4-6,11-12H2,1-3H3,(H,19,22);9H,4-8,12H2,1-3H3;1-4H;1H4/t18-,20-;14-;9-;;/m000../s1. The van der Waals surface area contributed by atoms with Crippen molar-refractivity contribution in [2.75, 3.05) is 39.3 Å². The zero-order valence-electron chi connectivity index (χ0n) is 50.1. The molecule has 3 heterocycles. The molecule has 3 fully saturated rings. The highest BCUT2D eigenvalue weighted by molar-refractivity contribution is 6.61. The lowest BCUT2D eigenvalue weighted by atomic mass is 9.76. The Balaban J connectivity index is 0.000000417. The van der Waals surface area contributed by atoms with E-state index in [0.29, 0.717) is 19.6 Å². The number of nitrogens with zero attached hydrogens (tertiary/aromatic N) is 6. The minimum Gasteiger partial charge on any atom is -0.444 e. The normalized spacial score (nSPS) is 16.9. The molecule has 0 saturated carbocycles. The number of likely N-dealkylation sites (tertiary alicyclic amines) is 3. The van der Waals surface area contributed by atoms with E-state index in [1.807, 2.05) is 85.7 Å². The third-order valence-electron chi connectivity index (χ3n) is 13.0. The van der Waals surface area contributed by atoms with Gasteiger partial charge in [0.1, 0.15) is 22.7 Å². The number of hydrogen-bond acceptors (Lipinski definition) is 17. The van der Waals surface area contributed by atoms with Crippen LogP contribution in [0.15, 0.2) is 90.6 Å². The molecule has 3 aromatic rings. The molecule has 6 rings (SSSR count). The van der Waals surface area contributed by atoms with E-state index < -0.39 is 57.8 Å². The fourth-order valence-electron chi connectivity index (χ4n) is 8.92. The Morgan fingerprint density at radius 2 is 1.15 bits per heavy atom. The van der Waals surface area contributed by atoms with Crippen LogP contribution < -0.4 is 31.2 Å². The van der Waals surface area contributed by atoms with Crippen molar-refractivity contribution in [1.29, 1.82) is 0 Å². The van der Waals surface area contributed by atoms with Gasteiger partial charge in [-0.05, 0) is 141 Å². The zero-order valence-corrected chi connectivity index (χ0v) is 50.9. The monoisotopic (exact) mass is 1240 g/mol. The van der Waals surface area contributed by atoms with Crippen LogP contribution in [0.2, 0.25) is 0 Å². The summed E-state index contributed by atoms with van der Waals surface area (Å²) in [4.78, 5) is 99.9. The second-order valence-corrected chi connectivity index (χ2v) is 22.9. The number of nitro groups is 2. The quantitative estimate of drug-likeness (QED) is 0.0206. The number of nitro benzene ring substituents is 2. The van der Waals surface area contributed by atoms with Gasteiger partial charge in [-0.3, -0.25) is 25.0 Å². The number of hydrogen-bond donors (Lipinski definition) is 6. The van der Waals surface area contributed by atoms with E-state index in [0.717, 1.165) is 69.9 Å². The van der Waals surface area contributed by atoms with E-state index in [1.54, 1.807) is 20.8 Å². The molecule has 87 heavy (non-hydrogen) atoms. The van der Waals surface area contributed by atoms with Gasteiger partial charge >= 0.3 is 36.9 Å². The van der Waals surface area contributed by atoms with Crippen molar-refractivity contribution in [3.8, 4) is 11.5 Å². The third-order valence-corrected chi connectivity index (χ3v) is 13.0. The number of allylic oxidation sites excluding steroid dienone is 1. The van der Waals surface area contributed by atoms with E-state index >= 15 is 0 Å². The van der Waals surface area contributed by atoms with Crippen molar-refractivity contribution in [3.05, 3.63) is 128 Å². The number of amides is 6. The highest BCUT2D eigenvalue weighted by Crippen LogP contribution is 2.24. The Kier molecular flexibility index (Phi) is 32.3. The first kappa shape index (κ1) is 75.0. The maximum atomic E-state index is 12.8. The van der Waals surface area contributed by atoms with Gasteiger partial charge in [0.05, 0.1) is 28.4 Å². The molecule has 28 heteroatoms. The largest absolute Gasteiger partial charge is 0.475 e. The minimum atomic E-state index is -1.71. The van der Waals surface area contributed by atoms with Crippen LogP contribution in [0.4, 0.5) is 35.3 Å². The maximum absolute atomic E-state index is 12.8. The Hall–Kier alpha value is -8.06. The van der Waals surface area contributed by atoms with Crippen LogP contribution >= 0.6 is 11.6 Å². The number of rotatable bonds is 15. The van der Waals surface area contributed by atoms with Crippen LogP contribution in [0.3, 0.4) is 0 Å². The molecule has 3 aromatic carbocycles. The average Bonchev–Trinajstić information content (AvgIpc) is 3.00. The van der Waals surface area contributed by atoms with Crippen molar-refractivity contribution in [3.63, 3.8) is 0 Å². The van der Waals surface area contributed by atoms with E-state index in [9.17, 15) is 59.0 Å². The summed E-state index contributed by atoms with van der Waals surface area (Å²) < 4.78 is 20.3. The SMILES string of the molecule is C.CC(C)(C)OC(=O)N1CCCC[C@H]1CN.CC(C)(C)OC(=O)N1CCCC[C@H]1CNC(=O)Oc1ccc([N+](=O)[O-])cc1.O=C(Cl)Oc1ccc([N+](=O)[O-])cc1.[C-]#[N+]C(=CC(C)C)C(=O)N1CCCC[C@H]1CNC(=O)N[C@@H](Cc1ccccc1)B(O)O. The van der Waals surface area contributed by atoms with E-state index in [4.69, 9.17) is 38.1 Å². The van der Waals surface area contributed by atoms with Gasteiger partial charge < -0.3 is 65.4 Å². The molecular weight excluding hydrogens is 1150 g/mol. The van der Waals surface area contributed by atoms with Crippen LogP contribution in [0.1, 0.15) is 126 Å². The first-order chi connectivity index (χ1) is 40.5. The average molecular weight is 1240 g/mol. The topological polar surface area (TPSA) is 342 Å². The first-order valence-electron chi connectivity index (χ1n) is 28.4. The van der Waals surface area contributed by atoms with Gasteiger partial charge in [-0.15, -0.1) is 0 Å². The summed E-state index contributed by atoms with van der Waals surface area (Å²) in [5, 5.41) is 48.1. The number of urea groups is 1. The fourth-order valence-corrected chi connectivity index (χ4v) is 9.01. The summed E-state index contributed by atoms with van der Waals surface area (Å²) in [6.07, 6.45) is 8.98. The van der Waals surface area contributed by atoms with Crippen LogP contribution in [-0.4, -0.2) is 152 Å². The predicted molar refractivity (Wildman–Crippen MR) is 329 cm³/mol. The number of ether oxygens (including phenoxy) is 4. The molecule has 3 aliphatic heterocycles. The van der Waals surface area contributed by atoms with Crippen LogP contribution in [0, 0.1) is 32.7 Å². The van der Waals surface area contributed by atoms with E-state index in [2.05, 4.69) is 25.5 Å². The van der Waals surface area contributed by atoms with E-state index in [1.165, 1.54) is 48.5 Å². The van der Waals surface area contributed by atoms with Crippen molar-refractivity contribution < 1.29 is 67.6 Å². The number of nitrogens with two attached hydrogens (primary N) is 1. The zero-order chi connectivity index (χ0) is 64.1. The van der Waals surface area contributed by atoms with Crippen molar-refractivity contribution in [1.82, 2.24) is 30.7 Å². The Bertz CT molecular complexity index is 2760. The van der Waals surface area contributed by atoms with Gasteiger partial charge in [-0.25, -0.2) is 28.8 Å². The Labute approximate surface area is 514 Å². The lowest BCUT2D eigenvalue weighted by Crippen LogP contribution is -2.54. The lowest BCUT2D eigenvalue weighted by Gasteiger charge is -2.36. The molecular formula is C59H86BClN10O16. The highest BCUT2D eigenvalue weighted by Gasteiger charge is 2.33. The maximum Gasteiger partial charge on any atom is 0.475 e. The summed E-state index contributed by atoms with van der Waals surface area (Å²) in [7, 11) is -1.71. The van der Waals surface area contributed by atoms with Gasteiger partial charge in [0.15, 0.2) is 0 Å². The van der Waals surface area contributed by atoms with Crippen LogP contribution in [-0.2, 0) is 20.7 Å². The van der Waals surface area contributed by atoms with Crippen molar-refractivity contribution in [2.24, 2.45) is 11.7 Å². The molecule has 26 nitrogen and oxygen atoms in total. The summed E-state index contributed by atoms with van der Waals surface area (Å²) in [5.41, 5.74) is 4.48. The summed E-state index contributed by atoms with van der Waals surface area (Å²) >= 11 is 4.92. The molecule has 3 saturated heterocycles. The lowest BCUT2D eigenvalue weighted by molar-refractivity contribution is -0.385. The molecule has 6 amide bonds. The minimum absolute atomic E-state index is 0. The fraction of sp³-hybridized carbons (Fsp3) is 0.542. The number of benzene rings is 3. The van der Waals surface area contributed by atoms with Gasteiger partial charge in [-0.2, -0.15) is 0 Å². The van der Waals surface area contributed by atoms with Gasteiger partial charge in [0.25, 0.3) is 17.3 Å². The van der Waals surface area contributed by atoms with Crippen molar-refractivity contribution in [2.45, 2.75) is 162 Å². The molecule has 4 atom stereocenters. The number of non-ortho nitro benzene ring substituents is 2. The van der Waals surface area contributed by atoms with Gasteiger partial charge in [0, 0.05) is 87.2 Å². The van der Waals surface area contributed by atoms with Gasteiger partial charge in [0.2, 0.25) is 5.70 Å². The molecule has 0 spiro atoms. The number of piperidine rings is 3. The first-order valence-corrected chi connectivity index (χ1v) is 28.7. The third kappa shape index (κ3) is 28.8. The summed E-state index contributed by atoms with van der Waals surface area (Å²) in [5.74, 6) is -0.708. The molecule has 0 radical (unpaired) electrons. The number of nitrogens with one attached hydrogen (secondary N) is 3. The Morgan fingerprint density at radius 3 is 1.57 bits per heavy atom. The van der Waals surface area contributed by atoms with Crippen molar-refractivity contribution >= 4 is 65.7 Å². The molecule has 0 bridgehead atoms. The number of halogens is 1. The molecule has 0 unspecified atom stereocenters. The van der Waals surface area contributed by atoms with Crippen LogP contribution in [0.25, 0.3) is 4.85 Å². The predicted octanol–water partition coefficient (Wildman–Crippen LogP) is 9.93. The molecule has 0 aliphatic carbocycles. The second kappa shape index (κ2) is 37.5. The number of carbonyl (C=O) groups excluding carboxylic acids is 6. The Morgan fingerprint density at radius 1 is 0.713 bits per heavy atom. The summed E-state index contributed by atoms with van der Waals surface area (Å²) in [6, 6.07) is 18.7. The highest BCUT2D eigenvalue weighted by atomic mass is 35.5. The second-order valence-electron chi connectivity index (χ2n) is 22.6. The molecule has 478 valence electrons. The molecule has 3 aliphatic rings. The smallest absolute Gasteiger partial charge is 0.444 e. The molecule has 7 N–H and O–H groups in total. The van der Waals surface area contributed by atoms with E-state index in [-0.39, 0.29) is 91.6 Å².